The molecule has 0 amide bonds. The minimum absolute atomic E-state index is 0.0435. The van der Waals surface area contributed by atoms with E-state index in [2.05, 4.69) is 5.10 Å². The van der Waals surface area contributed by atoms with E-state index in [0.29, 0.717) is 30.5 Å². The molecule has 1 aromatic heterocycles. The van der Waals surface area contributed by atoms with Gasteiger partial charge in [-0.2, -0.15) is 5.10 Å². The fourth-order valence-electron chi connectivity index (χ4n) is 1.97. The van der Waals surface area contributed by atoms with Crippen LogP contribution < -0.4 is 0 Å². The Morgan fingerprint density at radius 3 is 2.85 bits per heavy atom. The number of rotatable bonds is 6. The van der Waals surface area contributed by atoms with Gasteiger partial charge in [-0.05, 0) is 6.42 Å². The molecule has 0 fully saturated rings. The summed E-state index contributed by atoms with van der Waals surface area (Å²) in [6.07, 6.45) is 4.15. The molecule has 0 saturated carbocycles. The standard InChI is InChI=1S/C14H15N3O3/c1-2-14(18)12-9-15-16(10-12)8-7-11-5-3-4-6-13(11)17(19)20/h3-6,9-10H,2,7-8H2,1H3. The average Bonchev–Trinajstić information content (AvgIpc) is 2.93. The second kappa shape index (κ2) is 6.10. The Labute approximate surface area is 116 Å². The number of nitrogens with zero attached hydrogens (tertiary/aromatic N) is 3. The summed E-state index contributed by atoms with van der Waals surface area (Å²) in [4.78, 5) is 22.0. The van der Waals surface area contributed by atoms with E-state index in [-0.39, 0.29) is 16.4 Å². The Kier molecular flexibility index (Phi) is 4.24. The Morgan fingerprint density at radius 2 is 2.15 bits per heavy atom. The first kappa shape index (κ1) is 13.9. The van der Waals surface area contributed by atoms with E-state index in [1.165, 1.54) is 12.3 Å². The Balaban J connectivity index is 2.07. The van der Waals surface area contributed by atoms with E-state index in [1.54, 1.807) is 36.0 Å². The van der Waals surface area contributed by atoms with Crippen molar-refractivity contribution in [3.05, 3.63) is 57.9 Å². The second-order valence-corrected chi connectivity index (χ2v) is 4.40. The lowest BCUT2D eigenvalue weighted by Gasteiger charge is -2.03. The van der Waals surface area contributed by atoms with Gasteiger partial charge in [-0.15, -0.1) is 0 Å². The van der Waals surface area contributed by atoms with Crippen LogP contribution in [0.4, 0.5) is 5.69 Å². The lowest BCUT2D eigenvalue weighted by molar-refractivity contribution is -0.385. The summed E-state index contributed by atoms with van der Waals surface area (Å²) >= 11 is 0. The number of nitro groups is 1. The van der Waals surface area contributed by atoms with Crippen LogP contribution in [0, 0.1) is 10.1 Å². The van der Waals surface area contributed by atoms with E-state index in [9.17, 15) is 14.9 Å². The van der Waals surface area contributed by atoms with Gasteiger partial charge >= 0.3 is 0 Å². The van der Waals surface area contributed by atoms with Crippen LogP contribution in [0.1, 0.15) is 29.3 Å². The zero-order chi connectivity index (χ0) is 14.5. The van der Waals surface area contributed by atoms with Crippen LogP contribution in [0.15, 0.2) is 36.7 Å². The van der Waals surface area contributed by atoms with Crippen LogP contribution in [-0.4, -0.2) is 20.5 Å². The number of hydrogen-bond acceptors (Lipinski definition) is 4. The highest BCUT2D eigenvalue weighted by Gasteiger charge is 2.12. The third-order valence-electron chi connectivity index (χ3n) is 3.07. The topological polar surface area (TPSA) is 78.0 Å². The van der Waals surface area contributed by atoms with Crippen molar-refractivity contribution >= 4 is 11.5 Å². The van der Waals surface area contributed by atoms with Crippen LogP contribution in [0.3, 0.4) is 0 Å². The minimum atomic E-state index is -0.384. The number of nitro benzene ring substituents is 1. The summed E-state index contributed by atoms with van der Waals surface area (Å²) < 4.78 is 1.64. The first-order chi connectivity index (χ1) is 9.61. The molecule has 0 unspecified atom stereocenters. The van der Waals surface area contributed by atoms with Gasteiger partial charge in [-0.25, -0.2) is 0 Å². The Hall–Kier alpha value is -2.50. The summed E-state index contributed by atoms with van der Waals surface area (Å²) in [6.45, 7) is 2.30. The van der Waals surface area contributed by atoms with Crippen LogP contribution in [-0.2, 0) is 13.0 Å². The third kappa shape index (κ3) is 3.09. The molecule has 0 atom stereocenters. The quantitative estimate of drug-likeness (QED) is 0.460. The van der Waals surface area contributed by atoms with Crippen molar-refractivity contribution in [3.63, 3.8) is 0 Å². The van der Waals surface area contributed by atoms with Crippen molar-refractivity contribution in [1.29, 1.82) is 0 Å². The lowest BCUT2D eigenvalue weighted by atomic mass is 10.1. The summed E-state index contributed by atoms with van der Waals surface area (Å²) in [5.74, 6) is 0.0435. The first-order valence-corrected chi connectivity index (χ1v) is 6.39. The number of benzene rings is 1. The van der Waals surface area contributed by atoms with Crippen LogP contribution in [0.2, 0.25) is 0 Å². The molecule has 0 N–H and O–H groups in total. The van der Waals surface area contributed by atoms with E-state index >= 15 is 0 Å². The van der Waals surface area contributed by atoms with Gasteiger partial charge < -0.3 is 0 Å². The number of aromatic nitrogens is 2. The number of Topliss-reactive ketones (excluding diaryl/α,β-unsaturated/α-hetero) is 1. The fraction of sp³-hybridized carbons (Fsp3) is 0.286. The number of carbonyl (C=O) groups excluding carboxylic acids is 1. The summed E-state index contributed by atoms with van der Waals surface area (Å²) in [7, 11) is 0. The van der Waals surface area contributed by atoms with Gasteiger partial charge in [0, 0.05) is 30.8 Å². The van der Waals surface area contributed by atoms with Crippen molar-refractivity contribution in [2.45, 2.75) is 26.3 Å². The monoisotopic (exact) mass is 273 g/mol. The summed E-state index contributed by atoms with van der Waals surface area (Å²) in [6, 6.07) is 6.65. The molecular formula is C14H15N3O3. The van der Waals surface area contributed by atoms with E-state index < -0.39 is 0 Å². The van der Waals surface area contributed by atoms with Crippen molar-refractivity contribution in [2.75, 3.05) is 0 Å². The van der Waals surface area contributed by atoms with Crippen molar-refractivity contribution < 1.29 is 9.72 Å². The SMILES string of the molecule is CCC(=O)c1cnn(CCc2ccccc2[N+](=O)[O-])c1. The van der Waals surface area contributed by atoms with Gasteiger partial charge in [-0.1, -0.05) is 25.1 Å². The van der Waals surface area contributed by atoms with E-state index in [1.807, 2.05) is 0 Å². The maximum atomic E-state index is 11.5. The maximum Gasteiger partial charge on any atom is 0.272 e. The molecule has 0 bridgehead atoms. The molecule has 104 valence electrons. The van der Waals surface area contributed by atoms with Crippen molar-refractivity contribution in [1.82, 2.24) is 9.78 Å². The fourth-order valence-corrected chi connectivity index (χ4v) is 1.97. The van der Waals surface area contributed by atoms with Crippen LogP contribution >= 0.6 is 0 Å². The highest BCUT2D eigenvalue weighted by Crippen LogP contribution is 2.18. The molecule has 0 saturated heterocycles. The first-order valence-electron chi connectivity index (χ1n) is 6.39. The molecule has 2 aromatic rings. The lowest BCUT2D eigenvalue weighted by Crippen LogP contribution is -2.04. The van der Waals surface area contributed by atoms with Gasteiger partial charge in [-0.3, -0.25) is 19.6 Å². The van der Waals surface area contributed by atoms with Gasteiger partial charge in [0.05, 0.1) is 16.7 Å². The van der Waals surface area contributed by atoms with E-state index in [4.69, 9.17) is 0 Å². The predicted molar refractivity (Wildman–Crippen MR) is 73.6 cm³/mol. The molecule has 1 aromatic carbocycles. The van der Waals surface area contributed by atoms with Gasteiger partial charge in [0.2, 0.25) is 0 Å². The summed E-state index contributed by atoms with van der Waals surface area (Å²) in [5.41, 5.74) is 1.36. The van der Waals surface area contributed by atoms with Crippen LogP contribution in [0.25, 0.3) is 0 Å². The number of aryl methyl sites for hydroxylation is 2. The normalized spacial score (nSPS) is 10.4. The zero-order valence-corrected chi connectivity index (χ0v) is 11.2. The molecule has 2 rings (SSSR count). The number of carbonyl (C=O) groups is 1. The Morgan fingerprint density at radius 1 is 1.40 bits per heavy atom. The maximum absolute atomic E-state index is 11.5. The largest absolute Gasteiger partial charge is 0.294 e. The molecule has 6 nitrogen and oxygen atoms in total. The molecule has 20 heavy (non-hydrogen) atoms. The number of para-hydroxylation sites is 1. The molecular weight excluding hydrogens is 258 g/mol. The van der Waals surface area contributed by atoms with Crippen LogP contribution in [0.5, 0.6) is 0 Å². The minimum Gasteiger partial charge on any atom is -0.294 e. The zero-order valence-electron chi connectivity index (χ0n) is 11.2. The van der Waals surface area contributed by atoms with Crippen molar-refractivity contribution in [2.24, 2.45) is 0 Å². The Bertz CT molecular complexity index is 634. The predicted octanol–water partition coefficient (Wildman–Crippen LogP) is 2.63. The van der Waals surface area contributed by atoms with Crippen molar-refractivity contribution in [3.8, 4) is 0 Å². The molecule has 0 aliphatic carbocycles. The highest BCUT2D eigenvalue weighted by molar-refractivity contribution is 5.95. The molecule has 1 heterocycles. The van der Waals surface area contributed by atoms with E-state index in [0.717, 1.165) is 0 Å². The highest BCUT2D eigenvalue weighted by atomic mass is 16.6. The number of hydrogen-bond donors (Lipinski definition) is 0. The third-order valence-corrected chi connectivity index (χ3v) is 3.07. The average molecular weight is 273 g/mol. The van der Waals surface area contributed by atoms with Gasteiger partial charge in [0.25, 0.3) is 5.69 Å². The van der Waals surface area contributed by atoms with Gasteiger partial charge in [0.15, 0.2) is 5.78 Å². The smallest absolute Gasteiger partial charge is 0.272 e. The molecule has 0 aliphatic heterocycles. The molecule has 0 radical (unpaired) electrons. The molecule has 0 spiro atoms. The summed E-state index contributed by atoms with van der Waals surface area (Å²) in [5, 5.41) is 15.0. The molecule has 0 aliphatic rings. The van der Waals surface area contributed by atoms with Gasteiger partial charge in [0.1, 0.15) is 0 Å². The second-order valence-electron chi connectivity index (χ2n) is 4.40. The molecule has 6 heteroatoms. The number of ketones is 1.